The van der Waals surface area contributed by atoms with E-state index in [0.717, 1.165) is 12.1 Å². The Morgan fingerprint density at radius 1 is 1.26 bits per heavy atom. The number of rotatable bonds is 2. The number of nitrogens with two attached hydrogens (primary N) is 1. The largest absolute Gasteiger partial charge is 0.416 e. The first-order valence-corrected chi connectivity index (χ1v) is 5.88. The maximum atomic E-state index is 12.6. The fourth-order valence-electron chi connectivity index (χ4n) is 1.38. The van der Waals surface area contributed by atoms with Gasteiger partial charge in [0.25, 0.3) is 0 Å². The van der Waals surface area contributed by atoms with Gasteiger partial charge in [0, 0.05) is 11.9 Å². The van der Waals surface area contributed by atoms with Crippen LogP contribution in [0.25, 0.3) is 0 Å². The Hall–Kier alpha value is -1.83. The zero-order valence-electron chi connectivity index (χ0n) is 9.37. The maximum absolute atomic E-state index is 12.6. The van der Waals surface area contributed by atoms with Crippen molar-refractivity contribution >= 4 is 33.4 Å². The summed E-state index contributed by atoms with van der Waals surface area (Å²) in [6.07, 6.45) is -2.97. The van der Waals surface area contributed by atoms with E-state index in [-0.39, 0.29) is 11.6 Å². The molecule has 0 fully saturated rings. The number of nitrogens with one attached hydrogen (secondary N) is 1. The summed E-state index contributed by atoms with van der Waals surface area (Å²) in [6, 6.07) is 4.79. The van der Waals surface area contributed by atoms with E-state index in [9.17, 15) is 13.2 Å². The molecule has 2 aromatic rings. The van der Waals surface area contributed by atoms with Crippen molar-refractivity contribution in [1.29, 1.82) is 0 Å². The van der Waals surface area contributed by atoms with Crippen LogP contribution in [0.5, 0.6) is 0 Å². The zero-order valence-corrected chi connectivity index (χ0v) is 11.0. The van der Waals surface area contributed by atoms with E-state index in [1.165, 1.54) is 18.3 Å². The van der Waals surface area contributed by atoms with Gasteiger partial charge < -0.3 is 11.1 Å². The smallest absolute Gasteiger partial charge is 0.368 e. The minimum Gasteiger partial charge on any atom is -0.368 e. The zero-order chi connectivity index (χ0) is 14.0. The lowest BCUT2D eigenvalue weighted by Crippen LogP contribution is -2.06. The first kappa shape index (κ1) is 13.6. The lowest BCUT2D eigenvalue weighted by Gasteiger charge is -2.11. The molecule has 1 heterocycles. The van der Waals surface area contributed by atoms with Crippen LogP contribution in [0.2, 0.25) is 0 Å². The van der Waals surface area contributed by atoms with Gasteiger partial charge in [-0.15, -0.1) is 0 Å². The molecule has 1 aromatic carbocycles. The number of anilines is 3. The van der Waals surface area contributed by atoms with E-state index in [0.29, 0.717) is 10.3 Å². The van der Waals surface area contributed by atoms with Gasteiger partial charge in [-0.25, -0.2) is 4.98 Å². The Morgan fingerprint density at radius 3 is 2.68 bits per heavy atom. The summed E-state index contributed by atoms with van der Waals surface area (Å²) in [6.45, 7) is 0. The molecule has 0 unspecified atom stereocenters. The third-order valence-electron chi connectivity index (χ3n) is 2.22. The number of nitrogens with zero attached hydrogens (tertiary/aromatic N) is 2. The minimum absolute atomic E-state index is 0.0256. The summed E-state index contributed by atoms with van der Waals surface area (Å²) < 4.78 is 38.2. The summed E-state index contributed by atoms with van der Waals surface area (Å²) in [4.78, 5) is 7.62. The molecule has 3 N–H and O–H groups in total. The number of hydrogen-bond acceptors (Lipinski definition) is 4. The van der Waals surface area contributed by atoms with Gasteiger partial charge in [-0.1, -0.05) is 6.07 Å². The third kappa shape index (κ3) is 3.34. The Labute approximate surface area is 115 Å². The Bertz CT molecular complexity index is 601. The molecule has 0 spiro atoms. The van der Waals surface area contributed by atoms with E-state index >= 15 is 0 Å². The molecule has 8 heteroatoms. The molecule has 0 aliphatic carbocycles. The predicted octanol–water partition coefficient (Wildman–Crippen LogP) is 3.58. The van der Waals surface area contributed by atoms with Crippen molar-refractivity contribution in [2.24, 2.45) is 0 Å². The quantitative estimate of drug-likeness (QED) is 0.882. The molecule has 0 bridgehead atoms. The number of aromatic nitrogens is 2. The SMILES string of the molecule is Nc1ncc(Br)c(Nc2cccc(C(F)(F)F)c2)n1. The van der Waals surface area contributed by atoms with Crippen molar-refractivity contribution in [3.05, 3.63) is 40.5 Å². The van der Waals surface area contributed by atoms with Crippen LogP contribution >= 0.6 is 15.9 Å². The molecule has 2 rings (SSSR count). The van der Waals surface area contributed by atoms with Crippen LogP contribution in [-0.4, -0.2) is 9.97 Å². The molecule has 0 aliphatic heterocycles. The van der Waals surface area contributed by atoms with Crippen LogP contribution in [0.4, 0.5) is 30.6 Å². The van der Waals surface area contributed by atoms with Gasteiger partial charge in [0.15, 0.2) is 0 Å². The van der Waals surface area contributed by atoms with Gasteiger partial charge in [-0.2, -0.15) is 18.2 Å². The monoisotopic (exact) mass is 332 g/mol. The highest BCUT2D eigenvalue weighted by Crippen LogP contribution is 2.32. The normalized spacial score (nSPS) is 11.4. The van der Waals surface area contributed by atoms with Gasteiger partial charge >= 0.3 is 6.18 Å². The minimum atomic E-state index is -4.39. The molecule has 1 aromatic heterocycles. The second-order valence-corrected chi connectivity index (χ2v) is 4.48. The van der Waals surface area contributed by atoms with Crippen molar-refractivity contribution in [3.63, 3.8) is 0 Å². The van der Waals surface area contributed by atoms with Crippen molar-refractivity contribution in [2.45, 2.75) is 6.18 Å². The highest BCUT2D eigenvalue weighted by atomic mass is 79.9. The van der Waals surface area contributed by atoms with Gasteiger partial charge in [0.2, 0.25) is 5.95 Å². The number of hydrogen-bond donors (Lipinski definition) is 2. The Morgan fingerprint density at radius 2 is 2.00 bits per heavy atom. The summed E-state index contributed by atoms with van der Waals surface area (Å²) in [7, 11) is 0. The molecule has 19 heavy (non-hydrogen) atoms. The van der Waals surface area contributed by atoms with E-state index in [1.54, 1.807) is 0 Å². The van der Waals surface area contributed by atoms with Crippen LogP contribution in [0.1, 0.15) is 5.56 Å². The predicted molar refractivity (Wildman–Crippen MR) is 68.9 cm³/mol. The molecule has 4 nitrogen and oxygen atoms in total. The van der Waals surface area contributed by atoms with Crippen LogP contribution in [0.15, 0.2) is 34.9 Å². The first-order valence-electron chi connectivity index (χ1n) is 5.08. The number of benzene rings is 1. The molecular formula is C11H8BrF3N4. The lowest BCUT2D eigenvalue weighted by molar-refractivity contribution is -0.137. The number of nitrogen functional groups attached to an aromatic ring is 1. The number of alkyl halides is 3. The van der Waals surface area contributed by atoms with E-state index in [2.05, 4.69) is 31.2 Å². The van der Waals surface area contributed by atoms with Gasteiger partial charge in [0.1, 0.15) is 5.82 Å². The van der Waals surface area contributed by atoms with Crippen molar-refractivity contribution in [3.8, 4) is 0 Å². The van der Waals surface area contributed by atoms with E-state index < -0.39 is 11.7 Å². The lowest BCUT2D eigenvalue weighted by atomic mass is 10.2. The fourth-order valence-corrected chi connectivity index (χ4v) is 1.67. The van der Waals surface area contributed by atoms with E-state index in [4.69, 9.17) is 5.73 Å². The summed E-state index contributed by atoms with van der Waals surface area (Å²) >= 11 is 3.18. The Kier molecular flexibility index (Phi) is 3.61. The first-order chi connectivity index (χ1) is 8.86. The molecule has 0 saturated carbocycles. The summed E-state index contributed by atoms with van der Waals surface area (Å²) in [5.74, 6) is 0.324. The van der Waals surface area contributed by atoms with Crippen molar-refractivity contribution in [1.82, 2.24) is 9.97 Å². The van der Waals surface area contributed by atoms with Crippen LogP contribution in [0.3, 0.4) is 0 Å². The second-order valence-electron chi connectivity index (χ2n) is 3.63. The van der Waals surface area contributed by atoms with Gasteiger partial charge in [0.05, 0.1) is 10.0 Å². The topological polar surface area (TPSA) is 63.8 Å². The number of halogens is 4. The average molecular weight is 333 g/mol. The third-order valence-corrected chi connectivity index (χ3v) is 2.80. The molecule has 0 aliphatic rings. The van der Waals surface area contributed by atoms with E-state index in [1.807, 2.05) is 0 Å². The standard InChI is InChI=1S/C11H8BrF3N4/c12-8-5-17-10(16)19-9(8)18-7-3-1-2-6(4-7)11(13,14)15/h1-5H,(H3,16,17,18,19). The molecule has 0 atom stereocenters. The van der Waals surface area contributed by atoms with Crippen LogP contribution in [0, 0.1) is 0 Å². The summed E-state index contributed by atoms with van der Waals surface area (Å²) in [5, 5.41) is 2.75. The molecular weight excluding hydrogens is 325 g/mol. The van der Waals surface area contributed by atoms with Crippen LogP contribution < -0.4 is 11.1 Å². The highest BCUT2D eigenvalue weighted by Gasteiger charge is 2.30. The second kappa shape index (κ2) is 5.04. The molecule has 0 radical (unpaired) electrons. The molecule has 100 valence electrons. The summed E-state index contributed by atoms with van der Waals surface area (Å²) in [5.41, 5.74) is 4.94. The maximum Gasteiger partial charge on any atom is 0.416 e. The Balaban J connectivity index is 2.31. The molecule has 0 amide bonds. The van der Waals surface area contributed by atoms with Gasteiger partial charge in [-0.05, 0) is 34.1 Å². The van der Waals surface area contributed by atoms with Crippen LogP contribution in [-0.2, 0) is 6.18 Å². The fraction of sp³-hybridized carbons (Fsp3) is 0.0909. The molecule has 0 saturated heterocycles. The average Bonchev–Trinajstić information content (AvgIpc) is 2.33. The van der Waals surface area contributed by atoms with Crippen molar-refractivity contribution < 1.29 is 13.2 Å². The highest BCUT2D eigenvalue weighted by molar-refractivity contribution is 9.10. The van der Waals surface area contributed by atoms with Crippen molar-refractivity contribution in [2.75, 3.05) is 11.1 Å². The van der Waals surface area contributed by atoms with Gasteiger partial charge in [-0.3, -0.25) is 0 Å².